The highest BCUT2D eigenvalue weighted by Crippen LogP contribution is 2.36. The molecule has 1 aliphatic heterocycles. The molecule has 0 radical (unpaired) electrons. The third-order valence-electron chi connectivity index (χ3n) is 5.41. The minimum atomic E-state index is -1.21. The monoisotopic (exact) mass is 479 g/mol. The number of hydrogen-bond donors (Lipinski definition) is 4. The van der Waals surface area contributed by atoms with Crippen LogP contribution in [0.2, 0.25) is 5.02 Å². The number of H-pyrrole nitrogens is 1. The molecule has 2 aromatic carbocycles. The van der Waals surface area contributed by atoms with Gasteiger partial charge in [-0.05, 0) is 41.5 Å². The first kappa shape index (κ1) is 21.6. The number of pyridine rings is 1. The van der Waals surface area contributed by atoms with Crippen LogP contribution in [0.4, 0.5) is 0 Å². The number of carboxylic acids is 1. The van der Waals surface area contributed by atoms with E-state index in [4.69, 9.17) is 26.2 Å². The van der Waals surface area contributed by atoms with E-state index in [2.05, 4.69) is 15.3 Å². The molecule has 4 aromatic rings. The highest BCUT2D eigenvalue weighted by atomic mass is 35.5. The predicted octanol–water partition coefficient (Wildman–Crippen LogP) is 3.72. The fourth-order valence-electron chi connectivity index (χ4n) is 3.80. The fourth-order valence-corrected chi connectivity index (χ4v) is 3.92. The third-order valence-corrected chi connectivity index (χ3v) is 5.66. The molecule has 1 amide bonds. The standard InChI is InChI=1S/C24H18ClN3O6/c25-14-4-2-13(3-5-14)16-9-15-21(27-16)17(7-12-1-6-18-19(8-12)34-11-33-18)28-22(23(15)31)24(32)26-10-20(29)30/h1-6,8-9,27,31H,7,10-11H2,(H,26,32)(H,29,30). The lowest BCUT2D eigenvalue weighted by Crippen LogP contribution is -2.30. The Kier molecular flexibility index (Phi) is 5.46. The number of amides is 1. The van der Waals surface area contributed by atoms with E-state index in [1.807, 2.05) is 24.3 Å². The number of fused-ring (bicyclic) bond motifs is 2. The van der Waals surface area contributed by atoms with Crippen LogP contribution >= 0.6 is 11.6 Å². The lowest BCUT2D eigenvalue weighted by Gasteiger charge is -2.10. The van der Waals surface area contributed by atoms with Crippen molar-refractivity contribution in [1.82, 2.24) is 15.3 Å². The van der Waals surface area contributed by atoms with Gasteiger partial charge in [-0.3, -0.25) is 9.59 Å². The Labute approximate surface area is 197 Å². The van der Waals surface area contributed by atoms with Gasteiger partial charge in [0.2, 0.25) is 6.79 Å². The van der Waals surface area contributed by atoms with Gasteiger partial charge in [0, 0.05) is 22.5 Å². The van der Waals surface area contributed by atoms with E-state index in [0.29, 0.717) is 45.2 Å². The van der Waals surface area contributed by atoms with Crippen LogP contribution in [0.3, 0.4) is 0 Å². The second kappa shape index (κ2) is 8.60. The zero-order valence-corrected chi connectivity index (χ0v) is 18.3. The molecule has 0 saturated carbocycles. The van der Waals surface area contributed by atoms with Crippen LogP contribution in [0.1, 0.15) is 21.7 Å². The Morgan fingerprint density at radius 3 is 2.62 bits per heavy atom. The molecule has 0 aliphatic carbocycles. The molecular formula is C24H18ClN3O6. The number of rotatable bonds is 6. The summed E-state index contributed by atoms with van der Waals surface area (Å²) < 4.78 is 10.8. The summed E-state index contributed by atoms with van der Waals surface area (Å²) in [6, 6.07) is 14.4. The first-order valence-electron chi connectivity index (χ1n) is 10.3. The number of nitrogens with zero attached hydrogens (tertiary/aromatic N) is 1. The average molecular weight is 480 g/mol. The number of aromatic amines is 1. The first-order chi connectivity index (χ1) is 16.4. The normalized spacial score (nSPS) is 12.1. The quantitative estimate of drug-likeness (QED) is 0.331. The number of carboxylic acid groups (broad SMARTS) is 1. The van der Waals surface area contributed by atoms with Crippen molar-refractivity contribution >= 4 is 34.4 Å². The molecule has 10 heteroatoms. The summed E-state index contributed by atoms with van der Waals surface area (Å²) in [5.41, 5.74) is 3.15. The number of halogens is 1. The summed E-state index contributed by atoms with van der Waals surface area (Å²) in [4.78, 5) is 31.2. The van der Waals surface area contributed by atoms with E-state index in [1.165, 1.54) is 0 Å². The smallest absolute Gasteiger partial charge is 0.322 e. The van der Waals surface area contributed by atoms with Crippen LogP contribution in [-0.2, 0) is 11.2 Å². The van der Waals surface area contributed by atoms with Crippen molar-refractivity contribution in [2.75, 3.05) is 13.3 Å². The Hall–Kier alpha value is -4.24. The molecule has 3 heterocycles. The molecule has 34 heavy (non-hydrogen) atoms. The van der Waals surface area contributed by atoms with Crippen molar-refractivity contribution in [3.05, 3.63) is 70.5 Å². The van der Waals surface area contributed by atoms with E-state index in [1.54, 1.807) is 24.3 Å². The number of hydrogen-bond acceptors (Lipinski definition) is 6. The highest BCUT2D eigenvalue weighted by Gasteiger charge is 2.22. The maximum atomic E-state index is 12.6. The van der Waals surface area contributed by atoms with Crippen LogP contribution in [0, 0.1) is 0 Å². The summed E-state index contributed by atoms with van der Waals surface area (Å²) in [5, 5.41) is 23.0. The SMILES string of the molecule is O=C(O)CNC(=O)c1nc(Cc2ccc3c(c2)OCO3)c2[nH]c(-c3ccc(Cl)cc3)cc2c1O. The van der Waals surface area contributed by atoms with Crippen molar-refractivity contribution < 1.29 is 29.3 Å². The minimum absolute atomic E-state index is 0.148. The molecule has 1 aliphatic rings. The summed E-state index contributed by atoms with van der Waals surface area (Å²) in [5.74, 6) is -1.08. The number of benzene rings is 2. The predicted molar refractivity (Wildman–Crippen MR) is 124 cm³/mol. The van der Waals surface area contributed by atoms with Crippen molar-refractivity contribution in [2.24, 2.45) is 0 Å². The van der Waals surface area contributed by atoms with E-state index in [9.17, 15) is 14.7 Å². The molecule has 5 rings (SSSR count). The Balaban J connectivity index is 1.61. The molecule has 4 N–H and O–H groups in total. The average Bonchev–Trinajstić information content (AvgIpc) is 3.47. The van der Waals surface area contributed by atoms with Gasteiger partial charge in [-0.2, -0.15) is 0 Å². The molecule has 0 bridgehead atoms. The lowest BCUT2D eigenvalue weighted by atomic mass is 10.1. The van der Waals surface area contributed by atoms with Crippen molar-refractivity contribution in [1.29, 1.82) is 0 Å². The van der Waals surface area contributed by atoms with Crippen molar-refractivity contribution in [2.45, 2.75) is 6.42 Å². The Morgan fingerprint density at radius 1 is 1.09 bits per heavy atom. The second-order valence-electron chi connectivity index (χ2n) is 7.68. The largest absolute Gasteiger partial charge is 0.505 e. The van der Waals surface area contributed by atoms with Crippen molar-refractivity contribution in [3.63, 3.8) is 0 Å². The van der Waals surface area contributed by atoms with E-state index < -0.39 is 18.4 Å². The van der Waals surface area contributed by atoms with Gasteiger partial charge in [0.1, 0.15) is 6.54 Å². The van der Waals surface area contributed by atoms with Gasteiger partial charge in [0.15, 0.2) is 22.9 Å². The van der Waals surface area contributed by atoms with Gasteiger partial charge in [-0.1, -0.05) is 29.8 Å². The topological polar surface area (TPSA) is 134 Å². The van der Waals surface area contributed by atoms with Crippen LogP contribution in [0.15, 0.2) is 48.5 Å². The van der Waals surface area contributed by atoms with E-state index in [0.717, 1.165) is 11.1 Å². The third kappa shape index (κ3) is 4.08. The summed E-state index contributed by atoms with van der Waals surface area (Å²) in [6.45, 7) is -0.450. The molecule has 2 aromatic heterocycles. The Morgan fingerprint density at radius 2 is 1.85 bits per heavy atom. The van der Waals surface area contributed by atoms with Gasteiger partial charge in [-0.25, -0.2) is 4.98 Å². The molecule has 172 valence electrons. The summed E-state index contributed by atoms with van der Waals surface area (Å²) in [7, 11) is 0. The van der Waals surface area contributed by atoms with E-state index in [-0.39, 0.29) is 18.2 Å². The zero-order valence-electron chi connectivity index (χ0n) is 17.6. The van der Waals surface area contributed by atoms with Gasteiger partial charge >= 0.3 is 5.97 Å². The van der Waals surface area contributed by atoms with Crippen LogP contribution in [-0.4, -0.2) is 45.4 Å². The van der Waals surface area contributed by atoms with Crippen LogP contribution in [0.5, 0.6) is 17.2 Å². The maximum absolute atomic E-state index is 12.6. The number of aliphatic carboxylic acids is 1. The maximum Gasteiger partial charge on any atom is 0.322 e. The summed E-state index contributed by atoms with van der Waals surface area (Å²) in [6.07, 6.45) is 0.313. The number of aromatic nitrogens is 2. The highest BCUT2D eigenvalue weighted by molar-refractivity contribution is 6.30. The number of aromatic hydroxyl groups is 1. The van der Waals surface area contributed by atoms with Crippen LogP contribution in [0.25, 0.3) is 22.2 Å². The zero-order chi connectivity index (χ0) is 23.8. The van der Waals surface area contributed by atoms with Gasteiger partial charge < -0.3 is 30.0 Å². The first-order valence-corrected chi connectivity index (χ1v) is 10.7. The number of ether oxygens (including phenoxy) is 2. The van der Waals surface area contributed by atoms with Gasteiger partial charge in [-0.15, -0.1) is 0 Å². The minimum Gasteiger partial charge on any atom is -0.505 e. The van der Waals surface area contributed by atoms with E-state index >= 15 is 0 Å². The van der Waals surface area contributed by atoms with Crippen molar-refractivity contribution in [3.8, 4) is 28.5 Å². The fraction of sp³-hybridized carbons (Fsp3) is 0.125. The van der Waals surface area contributed by atoms with Crippen LogP contribution < -0.4 is 14.8 Å². The number of nitrogens with one attached hydrogen (secondary N) is 2. The second-order valence-corrected chi connectivity index (χ2v) is 8.11. The molecule has 0 atom stereocenters. The molecule has 0 saturated heterocycles. The van der Waals surface area contributed by atoms with Gasteiger partial charge in [0.25, 0.3) is 5.91 Å². The molecule has 0 unspecified atom stereocenters. The molecular weight excluding hydrogens is 462 g/mol. The summed E-state index contributed by atoms with van der Waals surface area (Å²) >= 11 is 6.00. The molecule has 0 fully saturated rings. The number of carbonyl (C=O) groups is 2. The molecule has 9 nitrogen and oxygen atoms in total. The van der Waals surface area contributed by atoms with Gasteiger partial charge in [0.05, 0.1) is 11.2 Å². The Bertz CT molecular complexity index is 1430. The number of carbonyl (C=O) groups excluding carboxylic acids is 1. The lowest BCUT2D eigenvalue weighted by molar-refractivity contribution is -0.135. The molecule has 0 spiro atoms.